The highest BCUT2D eigenvalue weighted by molar-refractivity contribution is 7.17. The minimum Gasteiger partial charge on any atom is -0.291 e. The van der Waals surface area contributed by atoms with E-state index < -0.39 is 11.6 Å². The van der Waals surface area contributed by atoms with Crippen molar-refractivity contribution in [2.45, 2.75) is 25.7 Å². The van der Waals surface area contributed by atoms with Gasteiger partial charge in [-0.3, -0.25) is 9.78 Å². The average Bonchev–Trinajstić information content (AvgIpc) is 3.14. The molecule has 0 bridgehead atoms. The molecule has 0 N–H and O–H groups in total. The first kappa shape index (κ1) is 19.7. The van der Waals surface area contributed by atoms with Crippen LogP contribution in [0.4, 0.5) is 8.78 Å². The van der Waals surface area contributed by atoms with E-state index in [1.807, 2.05) is 12.1 Å². The summed E-state index contributed by atoms with van der Waals surface area (Å²) in [6, 6.07) is 13.9. The first-order chi connectivity index (χ1) is 15.1. The summed E-state index contributed by atoms with van der Waals surface area (Å²) < 4.78 is 28.0. The first-order valence-corrected chi connectivity index (χ1v) is 10.9. The maximum absolute atomic E-state index is 14.0. The van der Waals surface area contributed by atoms with Crippen LogP contribution in [0, 0.1) is 11.6 Å². The molecule has 0 spiro atoms. The summed E-state index contributed by atoms with van der Waals surface area (Å²) in [6.45, 7) is 0. The normalized spacial score (nSPS) is 12.7. The molecule has 0 saturated heterocycles. The minimum atomic E-state index is -0.709. The summed E-state index contributed by atoms with van der Waals surface area (Å²) >= 11 is 1.32. The lowest BCUT2D eigenvalue weighted by atomic mass is 9.98. The number of ketones is 1. The Morgan fingerprint density at radius 3 is 2.52 bits per heavy atom. The van der Waals surface area contributed by atoms with Crippen LogP contribution >= 0.6 is 11.3 Å². The Morgan fingerprint density at radius 1 is 0.968 bits per heavy atom. The van der Waals surface area contributed by atoms with Crippen molar-refractivity contribution in [1.82, 2.24) is 9.97 Å². The number of rotatable bonds is 4. The van der Waals surface area contributed by atoms with Crippen LogP contribution in [-0.4, -0.2) is 15.8 Å². The zero-order valence-corrected chi connectivity index (χ0v) is 17.4. The molecule has 5 rings (SSSR count). The molecule has 0 atom stereocenters. The molecule has 0 aliphatic heterocycles. The predicted octanol–water partition coefficient (Wildman–Crippen LogP) is 6.06. The highest BCUT2D eigenvalue weighted by atomic mass is 32.1. The third-order valence-corrected chi connectivity index (χ3v) is 6.73. The van der Waals surface area contributed by atoms with Crippen molar-refractivity contribution in [3.05, 3.63) is 94.4 Å². The number of carbonyl (C=O) groups is 1. The number of Topliss-reactive ketones (excluding diaryl/α,β-unsaturated/α-hetero) is 1. The number of aryl methyl sites for hydroxylation is 2. The second-order valence-electron chi connectivity index (χ2n) is 7.56. The van der Waals surface area contributed by atoms with Crippen LogP contribution in [0.2, 0.25) is 0 Å². The van der Waals surface area contributed by atoms with Crippen LogP contribution in [0.25, 0.3) is 21.6 Å². The third kappa shape index (κ3) is 3.79. The highest BCUT2D eigenvalue weighted by Gasteiger charge is 2.24. The van der Waals surface area contributed by atoms with E-state index >= 15 is 0 Å². The monoisotopic (exact) mass is 432 g/mol. The number of benzene rings is 2. The van der Waals surface area contributed by atoms with E-state index in [1.54, 1.807) is 12.4 Å². The van der Waals surface area contributed by atoms with Gasteiger partial charge in [-0.2, -0.15) is 0 Å². The second-order valence-corrected chi connectivity index (χ2v) is 8.56. The SMILES string of the molecule is O=C(Cc1c(F)cccc1F)c1nc2c(s1)-c1cc(-c3ccncc3)ccc1CCC2. The molecule has 0 saturated carbocycles. The zero-order valence-electron chi connectivity index (χ0n) is 16.6. The summed E-state index contributed by atoms with van der Waals surface area (Å²) in [5.74, 6) is -1.79. The maximum Gasteiger partial charge on any atom is 0.195 e. The van der Waals surface area contributed by atoms with E-state index in [4.69, 9.17) is 0 Å². The fourth-order valence-electron chi connectivity index (χ4n) is 3.96. The molecular weight excluding hydrogens is 414 g/mol. The lowest BCUT2D eigenvalue weighted by molar-refractivity contribution is 0.0990. The summed E-state index contributed by atoms with van der Waals surface area (Å²) in [5.41, 5.74) is 5.11. The van der Waals surface area contributed by atoms with Gasteiger partial charge in [0.25, 0.3) is 0 Å². The molecule has 3 nitrogen and oxygen atoms in total. The van der Waals surface area contributed by atoms with Gasteiger partial charge < -0.3 is 0 Å². The Morgan fingerprint density at radius 2 is 1.74 bits per heavy atom. The lowest BCUT2D eigenvalue weighted by Crippen LogP contribution is -2.07. The zero-order chi connectivity index (χ0) is 21.4. The molecule has 0 fully saturated rings. The molecule has 1 aliphatic carbocycles. The Hall–Kier alpha value is -3.25. The number of halogens is 2. The number of aromatic nitrogens is 2. The molecule has 4 aromatic rings. The molecule has 0 unspecified atom stereocenters. The number of nitrogens with zero attached hydrogens (tertiary/aromatic N) is 2. The molecule has 1 aliphatic rings. The fourth-order valence-corrected chi connectivity index (χ4v) is 5.06. The van der Waals surface area contributed by atoms with E-state index in [-0.39, 0.29) is 17.8 Å². The Bertz CT molecular complexity index is 1260. The average molecular weight is 432 g/mol. The van der Waals surface area contributed by atoms with Gasteiger partial charge in [0.15, 0.2) is 10.8 Å². The molecule has 0 radical (unpaired) electrons. The topological polar surface area (TPSA) is 42.9 Å². The summed E-state index contributed by atoms with van der Waals surface area (Å²) in [7, 11) is 0. The standard InChI is InChI=1S/C25H18F2N2OS/c26-20-4-2-5-21(27)19(20)14-23(30)25-29-22-6-1-3-16-7-8-17(13-18(16)24(22)31-25)15-9-11-28-12-10-15/h2,4-5,7-13H,1,3,6,14H2. The van der Waals surface area contributed by atoms with Gasteiger partial charge in [0.1, 0.15) is 11.6 Å². The number of pyridine rings is 1. The van der Waals surface area contributed by atoms with Crippen molar-refractivity contribution in [3.8, 4) is 21.6 Å². The van der Waals surface area contributed by atoms with E-state index in [1.165, 1.54) is 35.1 Å². The van der Waals surface area contributed by atoms with Crippen LogP contribution < -0.4 is 0 Å². The molecule has 2 heterocycles. The van der Waals surface area contributed by atoms with Crippen LogP contribution in [0.1, 0.15) is 33.0 Å². The van der Waals surface area contributed by atoms with E-state index in [0.717, 1.165) is 46.5 Å². The van der Waals surface area contributed by atoms with Gasteiger partial charge in [-0.25, -0.2) is 13.8 Å². The van der Waals surface area contributed by atoms with Crippen LogP contribution in [-0.2, 0) is 19.3 Å². The Kier molecular flexibility index (Phi) is 5.16. The second kappa shape index (κ2) is 8.12. The summed E-state index contributed by atoms with van der Waals surface area (Å²) in [5, 5.41) is 0.301. The highest BCUT2D eigenvalue weighted by Crippen LogP contribution is 2.39. The molecular formula is C25H18F2N2OS. The van der Waals surface area contributed by atoms with Gasteiger partial charge in [-0.15, -0.1) is 11.3 Å². The van der Waals surface area contributed by atoms with Crippen molar-refractivity contribution in [2.75, 3.05) is 0 Å². The fraction of sp³-hybridized carbons (Fsp3) is 0.160. The minimum absolute atomic E-state index is 0.210. The number of hydrogen-bond acceptors (Lipinski definition) is 4. The van der Waals surface area contributed by atoms with Crippen molar-refractivity contribution in [3.63, 3.8) is 0 Å². The van der Waals surface area contributed by atoms with Crippen molar-refractivity contribution < 1.29 is 13.6 Å². The van der Waals surface area contributed by atoms with Gasteiger partial charge in [-0.05, 0) is 71.8 Å². The molecule has 2 aromatic heterocycles. The number of carbonyl (C=O) groups excluding carboxylic acids is 1. The van der Waals surface area contributed by atoms with E-state index in [9.17, 15) is 13.6 Å². The van der Waals surface area contributed by atoms with Gasteiger partial charge in [0, 0.05) is 24.4 Å². The number of fused-ring (bicyclic) bond motifs is 3. The van der Waals surface area contributed by atoms with Crippen LogP contribution in [0.3, 0.4) is 0 Å². The Balaban J connectivity index is 1.53. The summed E-state index contributed by atoms with van der Waals surface area (Å²) in [6.07, 6.45) is 5.84. The lowest BCUT2D eigenvalue weighted by Gasteiger charge is -2.09. The smallest absolute Gasteiger partial charge is 0.195 e. The molecule has 0 amide bonds. The summed E-state index contributed by atoms with van der Waals surface area (Å²) in [4.78, 5) is 22.5. The van der Waals surface area contributed by atoms with Crippen molar-refractivity contribution in [2.24, 2.45) is 0 Å². The molecule has 6 heteroatoms. The molecule has 2 aromatic carbocycles. The molecule has 31 heavy (non-hydrogen) atoms. The quantitative estimate of drug-likeness (QED) is 0.368. The van der Waals surface area contributed by atoms with Crippen molar-refractivity contribution >= 4 is 17.1 Å². The third-order valence-electron chi connectivity index (χ3n) is 5.56. The Labute approximate surface area is 182 Å². The maximum atomic E-state index is 14.0. The van der Waals surface area contributed by atoms with Crippen molar-refractivity contribution in [1.29, 1.82) is 0 Å². The number of hydrogen-bond donors (Lipinski definition) is 0. The largest absolute Gasteiger partial charge is 0.291 e. The van der Waals surface area contributed by atoms with Gasteiger partial charge in [0.05, 0.1) is 10.6 Å². The van der Waals surface area contributed by atoms with Gasteiger partial charge >= 0.3 is 0 Å². The van der Waals surface area contributed by atoms with Crippen LogP contribution in [0.5, 0.6) is 0 Å². The van der Waals surface area contributed by atoms with E-state index in [0.29, 0.717) is 5.01 Å². The predicted molar refractivity (Wildman–Crippen MR) is 117 cm³/mol. The number of thiazole rings is 1. The van der Waals surface area contributed by atoms with E-state index in [2.05, 4.69) is 28.2 Å². The van der Waals surface area contributed by atoms with Gasteiger partial charge in [0.2, 0.25) is 0 Å². The molecule has 154 valence electrons. The van der Waals surface area contributed by atoms with Gasteiger partial charge in [-0.1, -0.05) is 18.2 Å². The van der Waals surface area contributed by atoms with Crippen LogP contribution in [0.15, 0.2) is 60.9 Å². The first-order valence-electron chi connectivity index (χ1n) is 10.1.